The number of nitrogens with two attached hydrogens (primary N) is 1. The van der Waals surface area contributed by atoms with E-state index in [2.05, 4.69) is 9.71 Å². The van der Waals surface area contributed by atoms with Gasteiger partial charge in [-0.05, 0) is 12.1 Å². The highest BCUT2D eigenvalue weighted by Crippen LogP contribution is 2.24. The molecule has 0 saturated carbocycles. The molecule has 0 aliphatic heterocycles. The highest BCUT2D eigenvalue weighted by molar-refractivity contribution is 7.94. The van der Waals surface area contributed by atoms with E-state index >= 15 is 0 Å². The molecular weight excluding hydrogens is 282 g/mol. The first kappa shape index (κ1) is 12.2. The summed E-state index contributed by atoms with van der Waals surface area (Å²) in [6.45, 7) is 0. The average molecular weight is 290 g/mol. The van der Waals surface area contributed by atoms with Crippen LogP contribution in [0.15, 0.2) is 34.0 Å². The third-order valence-corrected chi connectivity index (χ3v) is 4.87. The van der Waals surface area contributed by atoms with Crippen molar-refractivity contribution in [2.24, 2.45) is 0 Å². The van der Waals surface area contributed by atoms with E-state index in [4.69, 9.17) is 17.3 Å². The van der Waals surface area contributed by atoms with Crippen molar-refractivity contribution < 1.29 is 8.42 Å². The fraction of sp³-hybridized carbons (Fsp3) is 0. The minimum atomic E-state index is -3.64. The van der Waals surface area contributed by atoms with Crippen LogP contribution < -0.4 is 10.5 Å². The first-order valence-electron chi connectivity index (χ1n) is 4.46. The van der Waals surface area contributed by atoms with Crippen molar-refractivity contribution in [2.75, 3.05) is 10.5 Å². The summed E-state index contributed by atoms with van der Waals surface area (Å²) in [6.07, 6.45) is 1.42. The minimum absolute atomic E-state index is 0.136. The van der Waals surface area contributed by atoms with Crippen LogP contribution in [0, 0.1) is 0 Å². The molecule has 0 fully saturated rings. The fourth-order valence-corrected chi connectivity index (χ4v) is 3.36. The molecular formula is C9H8ClN3O2S2. The molecule has 0 radical (unpaired) electrons. The number of nitrogens with zero attached hydrogens (tertiary/aromatic N) is 1. The molecule has 5 nitrogen and oxygen atoms in total. The lowest BCUT2D eigenvalue weighted by Gasteiger charge is -2.04. The van der Waals surface area contributed by atoms with Gasteiger partial charge in [-0.15, -0.1) is 11.3 Å². The summed E-state index contributed by atoms with van der Waals surface area (Å²) >= 11 is 6.78. The number of pyridine rings is 1. The summed E-state index contributed by atoms with van der Waals surface area (Å²) in [6, 6.07) is 4.37. The third kappa shape index (κ3) is 2.87. The third-order valence-electron chi connectivity index (χ3n) is 1.82. The van der Waals surface area contributed by atoms with E-state index in [-0.39, 0.29) is 10.0 Å². The molecule has 2 aromatic rings. The van der Waals surface area contributed by atoms with Crippen molar-refractivity contribution >= 4 is 44.5 Å². The molecule has 2 heterocycles. The Morgan fingerprint density at radius 1 is 1.41 bits per heavy atom. The molecule has 0 atom stereocenters. The number of halogens is 1. The van der Waals surface area contributed by atoms with Crippen LogP contribution in [0.5, 0.6) is 0 Å². The largest absolute Gasteiger partial charge is 0.398 e. The van der Waals surface area contributed by atoms with Crippen molar-refractivity contribution in [3.63, 3.8) is 0 Å². The topological polar surface area (TPSA) is 85.1 Å². The van der Waals surface area contributed by atoms with Crippen LogP contribution in [0.25, 0.3) is 0 Å². The number of hydrogen-bond donors (Lipinski definition) is 2. The predicted molar refractivity (Wildman–Crippen MR) is 68.8 cm³/mol. The van der Waals surface area contributed by atoms with Crippen LogP contribution in [-0.4, -0.2) is 13.4 Å². The van der Waals surface area contributed by atoms with E-state index in [1.165, 1.54) is 18.3 Å². The van der Waals surface area contributed by atoms with E-state index in [0.717, 1.165) is 11.3 Å². The van der Waals surface area contributed by atoms with Crippen molar-refractivity contribution in [2.45, 2.75) is 4.21 Å². The molecule has 90 valence electrons. The standard InChI is InChI=1S/C9H8ClN3O2S2/c10-6-1-2-12-8(3-6)13-17(14,15)9-4-7(11)5-16-9/h1-5H,11H2,(H,12,13). The molecule has 0 amide bonds. The van der Waals surface area contributed by atoms with Crippen molar-refractivity contribution in [1.29, 1.82) is 0 Å². The lowest BCUT2D eigenvalue weighted by Crippen LogP contribution is -2.12. The molecule has 2 rings (SSSR count). The number of hydrogen-bond acceptors (Lipinski definition) is 5. The maximum atomic E-state index is 11.9. The fourth-order valence-electron chi connectivity index (χ4n) is 1.12. The van der Waals surface area contributed by atoms with E-state index in [9.17, 15) is 8.42 Å². The second-order valence-corrected chi connectivity index (χ2v) is 6.42. The number of aromatic nitrogens is 1. The number of anilines is 2. The Hall–Kier alpha value is -1.31. The number of sulfonamides is 1. The normalized spacial score (nSPS) is 11.4. The maximum Gasteiger partial charge on any atom is 0.272 e. The van der Waals surface area contributed by atoms with Crippen LogP contribution in [0.3, 0.4) is 0 Å². The van der Waals surface area contributed by atoms with E-state index in [1.807, 2.05) is 0 Å². The van der Waals surface area contributed by atoms with Crippen LogP contribution >= 0.6 is 22.9 Å². The first-order valence-corrected chi connectivity index (χ1v) is 7.20. The summed E-state index contributed by atoms with van der Waals surface area (Å²) in [7, 11) is -3.64. The van der Waals surface area contributed by atoms with Crippen LogP contribution in [0.2, 0.25) is 5.02 Å². The van der Waals surface area contributed by atoms with Gasteiger partial charge in [0.1, 0.15) is 10.0 Å². The van der Waals surface area contributed by atoms with Gasteiger partial charge in [0.05, 0.1) is 0 Å². The molecule has 8 heteroatoms. The van der Waals surface area contributed by atoms with Gasteiger partial charge in [-0.25, -0.2) is 13.4 Å². The van der Waals surface area contributed by atoms with E-state index < -0.39 is 10.0 Å². The summed E-state index contributed by atoms with van der Waals surface area (Å²) in [5.74, 6) is 0.171. The van der Waals surface area contributed by atoms with Gasteiger partial charge in [0.2, 0.25) is 0 Å². The summed E-state index contributed by atoms with van der Waals surface area (Å²) in [4.78, 5) is 3.86. The molecule has 17 heavy (non-hydrogen) atoms. The zero-order valence-corrected chi connectivity index (χ0v) is 10.8. The lowest BCUT2D eigenvalue weighted by molar-refractivity contribution is 0.603. The molecule has 2 aromatic heterocycles. The van der Waals surface area contributed by atoms with Crippen LogP contribution in [-0.2, 0) is 10.0 Å². The van der Waals surface area contributed by atoms with Crippen LogP contribution in [0.4, 0.5) is 11.5 Å². The molecule has 3 N–H and O–H groups in total. The van der Waals surface area contributed by atoms with Gasteiger partial charge in [0, 0.05) is 28.4 Å². The maximum absolute atomic E-state index is 11.9. The number of nitrogens with one attached hydrogen (secondary N) is 1. The first-order chi connectivity index (χ1) is 7.97. The van der Waals surface area contributed by atoms with Crippen molar-refractivity contribution in [1.82, 2.24) is 4.98 Å². The van der Waals surface area contributed by atoms with Gasteiger partial charge in [-0.3, -0.25) is 4.72 Å². The molecule has 0 aliphatic carbocycles. The molecule has 0 bridgehead atoms. The van der Waals surface area contributed by atoms with Crippen molar-refractivity contribution in [3.05, 3.63) is 34.8 Å². The zero-order valence-electron chi connectivity index (χ0n) is 8.42. The Morgan fingerprint density at radius 2 is 2.18 bits per heavy atom. The predicted octanol–water partition coefficient (Wildman–Crippen LogP) is 2.18. The Bertz CT molecular complexity index is 639. The average Bonchev–Trinajstić information content (AvgIpc) is 2.65. The van der Waals surface area contributed by atoms with E-state index in [0.29, 0.717) is 10.7 Å². The molecule has 0 unspecified atom stereocenters. The van der Waals surface area contributed by atoms with Gasteiger partial charge in [0.15, 0.2) is 0 Å². The summed E-state index contributed by atoms with van der Waals surface area (Å²) < 4.78 is 26.2. The van der Waals surface area contributed by atoms with Crippen LogP contribution in [0.1, 0.15) is 0 Å². The van der Waals surface area contributed by atoms with Gasteiger partial charge in [-0.2, -0.15) is 0 Å². The SMILES string of the molecule is Nc1csc(S(=O)(=O)Nc2cc(Cl)ccn2)c1. The second kappa shape index (κ2) is 4.52. The monoisotopic (exact) mass is 289 g/mol. The number of rotatable bonds is 3. The summed E-state index contributed by atoms with van der Waals surface area (Å²) in [5.41, 5.74) is 5.89. The Morgan fingerprint density at radius 3 is 2.76 bits per heavy atom. The Labute approximate surface area is 107 Å². The molecule has 0 aromatic carbocycles. The summed E-state index contributed by atoms with van der Waals surface area (Å²) in [5, 5.41) is 1.96. The number of thiophene rings is 1. The highest BCUT2D eigenvalue weighted by atomic mass is 35.5. The minimum Gasteiger partial charge on any atom is -0.398 e. The second-order valence-electron chi connectivity index (χ2n) is 3.16. The smallest absolute Gasteiger partial charge is 0.272 e. The van der Waals surface area contributed by atoms with E-state index in [1.54, 1.807) is 11.4 Å². The van der Waals surface area contributed by atoms with Crippen molar-refractivity contribution in [3.8, 4) is 0 Å². The van der Waals surface area contributed by atoms with Gasteiger partial charge >= 0.3 is 0 Å². The van der Waals surface area contributed by atoms with Gasteiger partial charge < -0.3 is 5.73 Å². The Kier molecular flexibility index (Phi) is 3.23. The zero-order chi connectivity index (χ0) is 12.5. The highest BCUT2D eigenvalue weighted by Gasteiger charge is 2.17. The Balaban J connectivity index is 2.29. The molecule has 0 aliphatic rings. The lowest BCUT2D eigenvalue weighted by atomic mass is 10.5. The molecule has 0 saturated heterocycles. The quantitative estimate of drug-likeness (QED) is 0.907. The molecule has 0 spiro atoms. The van der Waals surface area contributed by atoms with Gasteiger partial charge in [-0.1, -0.05) is 11.6 Å². The van der Waals surface area contributed by atoms with Gasteiger partial charge in [0.25, 0.3) is 10.0 Å². The number of nitrogen functional groups attached to an aromatic ring is 1.